The van der Waals surface area contributed by atoms with Crippen LogP contribution in [-0.4, -0.2) is 42.9 Å². The lowest BCUT2D eigenvalue weighted by atomic mass is 10.1. The molecule has 0 spiro atoms. The molecule has 0 atom stereocenters. The molecule has 2 aliphatic rings. The van der Waals surface area contributed by atoms with Crippen LogP contribution in [0.5, 0.6) is 0 Å². The van der Waals surface area contributed by atoms with Crippen LogP contribution in [-0.2, 0) is 6.42 Å². The van der Waals surface area contributed by atoms with Crippen LogP contribution in [0, 0.1) is 0 Å². The second-order valence-electron chi connectivity index (χ2n) is 8.68. The molecule has 2 aromatic rings. The van der Waals surface area contributed by atoms with Gasteiger partial charge in [0, 0.05) is 43.1 Å². The Hall–Kier alpha value is -2.82. The lowest BCUT2D eigenvalue weighted by Crippen LogP contribution is -2.30. The molecule has 0 saturated carbocycles. The van der Waals surface area contributed by atoms with E-state index in [0.717, 1.165) is 76.8 Å². The Bertz CT molecular complexity index is 911. The number of hydrogen-bond acceptors (Lipinski definition) is 3. The van der Waals surface area contributed by atoms with Gasteiger partial charge in [0.25, 0.3) is 11.8 Å². The molecule has 4 rings (SSSR count). The van der Waals surface area contributed by atoms with Crippen molar-refractivity contribution in [3.05, 3.63) is 59.2 Å². The molecule has 31 heavy (non-hydrogen) atoms. The van der Waals surface area contributed by atoms with Crippen molar-refractivity contribution in [3.8, 4) is 0 Å². The van der Waals surface area contributed by atoms with Gasteiger partial charge in [0.15, 0.2) is 0 Å². The van der Waals surface area contributed by atoms with Gasteiger partial charge in [-0.2, -0.15) is 0 Å². The smallest absolute Gasteiger partial charge is 0.256 e. The molecule has 2 fully saturated rings. The Balaban J connectivity index is 1.53. The van der Waals surface area contributed by atoms with Crippen LogP contribution in [0.3, 0.4) is 0 Å². The summed E-state index contributed by atoms with van der Waals surface area (Å²) in [7, 11) is 0. The molecule has 164 valence electrons. The minimum Gasteiger partial charge on any atom is -0.371 e. The topological polar surface area (TPSA) is 52.7 Å². The van der Waals surface area contributed by atoms with Crippen LogP contribution >= 0.6 is 0 Å². The third-order valence-electron chi connectivity index (χ3n) is 6.36. The van der Waals surface area contributed by atoms with E-state index in [2.05, 4.69) is 17.1 Å². The fourth-order valence-electron chi connectivity index (χ4n) is 4.52. The lowest BCUT2D eigenvalue weighted by molar-refractivity contribution is 0.0793. The summed E-state index contributed by atoms with van der Waals surface area (Å²) >= 11 is 0. The van der Waals surface area contributed by atoms with Gasteiger partial charge in [0.05, 0.1) is 5.56 Å². The Morgan fingerprint density at radius 3 is 2.26 bits per heavy atom. The van der Waals surface area contributed by atoms with Crippen molar-refractivity contribution in [1.29, 1.82) is 0 Å². The number of unbranched alkanes of at least 4 members (excludes halogenated alkanes) is 1. The summed E-state index contributed by atoms with van der Waals surface area (Å²) in [6.07, 6.45) is 7.80. The summed E-state index contributed by atoms with van der Waals surface area (Å²) in [5, 5.41) is 3.00. The minimum absolute atomic E-state index is 0.0794. The van der Waals surface area contributed by atoms with Crippen molar-refractivity contribution in [3.63, 3.8) is 0 Å². The number of likely N-dealkylation sites (tertiary alicyclic amines) is 1. The minimum atomic E-state index is -0.143. The van der Waals surface area contributed by atoms with E-state index in [9.17, 15) is 9.59 Å². The molecule has 2 aliphatic heterocycles. The van der Waals surface area contributed by atoms with Gasteiger partial charge >= 0.3 is 0 Å². The van der Waals surface area contributed by atoms with E-state index < -0.39 is 0 Å². The fourth-order valence-corrected chi connectivity index (χ4v) is 4.52. The van der Waals surface area contributed by atoms with E-state index >= 15 is 0 Å². The Morgan fingerprint density at radius 1 is 0.903 bits per heavy atom. The van der Waals surface area contributed by atoms with Crippen molar-refractivity contribution >= 4 is 23.2 Å². The first-order valence-corrected chi connectivity index (χ1v) is 11.7. The van der Waals surface area contributed by atoms with Crippen LogP contribution in [0.25, 0.3) is 0 Å². The summed E-state index contributed by atoms with van der Waals surface area (Å²) in [6.45, 7) is 5.78. The monoisotopic (exact) mass is 419 g/mol. The molecule has 2 heterocycles. The Morgan fingerprint density at radius 2 is 1.58 bits per heavy atom. The zero-order valence-electron chi connectivity index (χ0n) is 18.5. The molecule has 0 aliphatic carbocycles. The normalized spacial score (nSPS) is 16.0. The molecule has 0 unspecified atom stereocenters. The molecule has 2 saturated heterocycles. The number of aryl methyl sites for hydroxylation is 1. The zero-order chi connectivity index (χ0) is 21.6. The van der Waals surface area contributed by atoms with Gasteiger partial charge in [-0.15, -0.1) is 0 Å². The van der Waals surface area contributed by atoms with Gasteiger partial charge in [-0.3, -0.25) is 9.59 Å². The third-order valence-corrected chi connectivity index (χ3v) is 6.36. The van der Waals surface area contributed by atoms with E-state index in [-0.39, 0.29) is 11.8 Å². The highest BCUT2D eigenvalue weighted by Gasteiger charge is 2.25. The second-order valence-corrected chi connectivity index (χ2v) is 8.68. The molecule has 1 N–H and O–H groups in total. The average molecular weight is 420 g/mol. The maximum absolute atomic E-state index is 13.2. The molecule has 0 radical (unpaired) electrons. The Labute approximate surface area is 185 Å². The molecule has 0 bridgehead atoms. The fraction of sp³-hybridized carbons (Fsp3) is 0.462. The summed E-state index contributed by atoms with van der Waals surface area (Å²) in [5.74, 6) is -0.0636. The van der Waals surface area contributed by atoms with Crippen molar-refractivity contribution in [2.75, 3.05) is 36.4 Å². The molecule has 2 amide bonds. The number of amides is 2. The predicted molar refractivity (Wildman–Crippen MR) is 126 cm³/mol. The summed E-state index contributed by atoms with van der Waals surface area (Å²) < 4.78 is 0. The molecule has 2 aromatic carbocycles. The molecular formula is C26H33N3O2. The van der Waals surface area contributed by atoms with Gasteiger partial charge in [-0.05, 0) is 74.4 Å². The van der Waals surface area contributed by atoms with E-state index in [0.29, 0.717) is 16.8 Å². The van der Waals surface area contributed by atoms with Crippen LogP contribution in [0.15, 0.2) is 42.5 Å². The maximum Gasteiger partial charge on any atom is 0.256 e. The number of benzene rings is 2. The van der Waals surface area contributed by atoms with Crippen LogP contribution < -0.4 is 10.2 Å². The van der Waals surface area contributed by atoms with Gasteiger partial charge < -0.3 is 15.1 Å². The summed E-state index contributed by atoms with van der Waals surface area (Å²) in [6, 6.07) is 13.6. The van der Waals surface area contributed by atoms with E-state index in [1.807, 2.05) is 47.4 Å². The molecular weight excluding hydrogens is 386 g/mol. The molecule has 5 nitrogen and oxygen atoms in total. The van der Waals surface area contributed by atoms with Gasteiger partial charge in [0.1, 0.15) is 0 Å². The van der Waals surface area contributed by atoms with Crippen molar-refractivity contribution in [1.82, 2.24) is 4.90 Å². The number of nitrogens with zero attached hydrogens (tertiary/aromatic N) is 2. The number of rotatable bonds is 7. The van der Waals surface area contributed by atoms with E-state index in [1.165, 1.54) is 5.56 Å². The van der Waals surface area contributed by atoms with E-state index in [4.69, 9.17) is 0 Å². The van der Waals surface area contributed by atoms with Gasteiger partial charge in [0.2, 0.25) is 0 Å². The average Bonchev–Trinajstić information content (AvgIpc) is 3.52. The zero-order valence-corrected chi connectivity index (χ0v) is 18.5. The third kappa shape index (κ3) is 5.09. The number of anilines is 2. The second kappa shape index (κ2) is 9.99. The van der Waals surface area contributed by atoms with Crippen molar-refractivity contribution in [2.45, 2.75) is 51.9 Å². The first-order chi connectivity index (χ1) is 15.2. The molecule has 5 heteroatoms. The van der Waals surface area contributed by atoms with Gasteiger partial charge in [-0.1, -0.05) is 25.5 Å². The van der Waals surface area contributed by atoms with Crippen molar-refractivity contribution < 1.29 is 9.59 Å². The quantitative estimate of drug-likeness (QED) is 0.678. The number of carbonyl (C=O) groups is 2. The lowest BCUT2D eigenvalue weighted by Gasteiger charge is -2.24. The first kappa shape index (κ1) is 21.4. The maximum atomic E-state index is 13.2. The SMILES string of the molecule is CCCCc1ccc(C(=O)Nc2ccc(N3CCCC3)c(C(=O)N3CCCC3)c2)cc1. The van der Waals surface area contributed by atoms with Crippen molar-refractivity contribution in [2.24, 2.45) is 0 Å². The number of hydrogen-bond donors (Lipinski definition) is 1. The standard InChI is InChI=1S/C26H33N3O2/c1-2-3-8-20-9-11-21(12-10-20)25(30)27-22-13-14-24(28-15-4-5-16-28)23(19-22)26(31)29-17-6-7-18-29/h9-14,19H,2-8,15-18H2,1H3,(H,27,30). The summed E-state index contributed by atoms with van der Waals surface area (Å²) in [4.78, 5) is 30.3. The highest BCUT2D eigenvalue weighted by molar-refractivity contribution is 6.06. The van der Waals surface area contributed by atoms with Crippen LogP contribution in [0.2, 0.25) is 0 Å². The van der Waals surface area contributed by atoms with Crippen LogP contribution in [0.1, 0.15) is 71.7 Å². The van der Waals surface area contributed by atoms with Gasteiger partial charge in [-0.25, -0.2) is 0 Å². The first-order valence-electron chi connectivity index (χ1n) is 11.7. The summed E-state index contributed by atoms with van der Waals surface area (Å²) in [5.41, 5.74) is 4.26. The largest absolute Gasteiger partial charge is 0.371 e. The van der Waals surface area contributed by atoms with E-state index in [1.54, 1.807) is 0 Å². The molecule has 0 aromatic heterocycles. The predicted octanol–water partition coefficient (Wildman–Crippen LogP) is 5.12. The number of carbonyl (C=O) groups excluding carboxylic acids is 2. The van der Waals surface area contributed by atoms with Crippen LogP contribution in [0.4, 0.5) is 11.4 Å². The number of nitrogens with one attached hydrogen (secondary N) is 1. The highest BCUT2D eigenvalue weighted by atomic mass is 16.2. The Kier molecular flexibility index (Phi) is 6.90. The highest BCUT2D eigenvalue weighted by Crippen LogP contribution is 2.29.